The molecule has 85 heavy (non-hydrogen) atoms. The zero-order valence-corrected chi connectivity index (χ0v) is 57.0. The molecular weight excluding hydrogens is 1070 g/mol. The number of nitrogens with one attached hydrogen (secondary N) is 1. The summed E-state index contributed by atoms with van der Waals surface area (Å²) in [5.74, 6) is -0.518. The molecule has 0 saturated heterocycles. The lowest BCUT2D eigenvalue weighted by molar-refractivity contribution is -0.870. The molecule has 1 amide bonds. The maximum Gasteiger partial charge on any atom is 0.472 e. The summed E-state index contributed by atoms with van der Waals surface area (Å²) in [6.07, 6.45) is 88.0. The van der Waals surface area contributed by atoms with E-state index in [2.05, 4.69) is 123 Å². The van der Waals surface area contributed by atoms with Gasteiger partial charge in [-0.1, -0.05) is 285 Å². The fourth-order valence-corrected chi connectivity index (χ4v) is 10.5. The number of nitrogens with zero attached hydrogens (tertiary/aromatic N) is 1. The number of carbonyl (C=O) groups is 2. The Balaban J connectivity index is 5.14. The van der Waals surface area contributed by atoms with Gasteiger partial charge in [-0.15, -0.1) is 0 Å². The average molecular weight is 1210 g/mol. The molecule has 0 heterocycles. The summed E-state index contributed by atoms with van der Waals surface area (Å²) in [5, 5.41) is 3.07. The van der Waals surface area contributed by atoms with Crippen molar-refractivity contribution in [2.24, 2.45) is 0 Å². The van der Waals surface area contributed by atoms with Crippen molar-refractivity contribution >= 4 is 19.7 Å². The number of hydrogen-bond acceptors (Lipinski definition) is 6. The predicted molar refractivity (Wildman–Crippen MR) is 369 cm³/mol. The molecule has 3 unspecified atom stereocenters. The largest absolute Gasteiger partial charge is 0.472 e. The third kappa shape index (κ3) is 65.0. The minimum atomic E-state index is -4.46. The van der Waals surface area contributed by atoms with E-state index in [0.717, 1.165) is 116 Å². The van der Waals surface area contributed by atoms with E-state index in [4.69, 9.17) is 13.8 Å². The fraction of sp³-hybridized carbons (Fsp3) is 0.733. The van der Waals surface area contributed by atoms with Crippen LogP contribution in [0.4, 0.5) is 0 Å². The normalized spacial score (nSPS) is 14.2. The van der Waals surface area contributed by atoms with Crippen molar-refractivity contribution in [1.29, 1.82) is 0 Å². The van der Waals surface area contributed by atoms with E-state index in [0.29, 0.717) is 17.4 Å². The molecule has 0 saturated carbocycles. The monoisotopic (exact) mass is 1210 g/mol. The SMILES string of the molecule is CC/C=C\C/C=C\C/C=C\C/C=C\C/C=C\C/C=C\CCCCCCCCCCC(=O)NC(COP(=O)(O)OCC[N+](C)(C)C)C(/C=C\CCCCCCCCCCCCC)OC(=O)CCCCCCCCCCC/C=C\C/C=C\CCCCC. The molecule has 0 rings (SSSR count). The van der Waals surface area contributed by atoms with E-state index in [1.54, 1.807) is 0 Å². The number of hydrogen-bond donors (Lipinski definition) is 2. The van der Waals surface area contributed by atoms with E-state index in [-0.39, 0.29) is 31.5 Å². The van der Waals surface area contributed by atoms with Crippen molar-refractivity contribution < 1.29 is 37.3 Å². The summed E-state index contributed by atoms with van der Waals surface area (Å²) < 4.78 is 30.8. The Morgan fingerprint density at radius 2 is 0.753 bits per heavy atom. The number of carbonyl (C=O) groups excluding carboxylic acids is 2. The highest BCUT2D eigenvalue weighted by atomic mass is 31.2. The molecule has 10 heteroatoms. The number of esters is 1. The van der Waals surface area contributed by atoms with Crippen LogP contribution in [0.1, 0.15) is 303 Å². The van der Waals surface area contributed by atoms with Crippen molar-refractivity contribution in [2.75, 3.05) is 40.9 Å². The van der Waals surface area contributed by atoms with Crippen LogP contribution in [-0.4, -0.2) is 74.3 Å². The van der Waals surface area contributed by atoms with Gasteiger partial charge in [0.1, 0.15) is 19.3 Å². The van der Waals surface area contributed by atoms with Crippen molar-refractivity contribution in [3.05, 3.63) is 109 Å². The second kappa shape index (κ2) is 63.7. The van der Waals surface area contributed by atoms with Crippen LogP contribution in [0.15, 0.2) is 109 Å². The Morgan fingerprint density at radius 1 is 0.424 bits per heavy atom. The number of quaternary nitrogens is 1. The Morgan fingerprint density at radius 3 is 1.15 bits per heavy atom. The summed E-state index contributed by atoms with van der Waals surface area (Å²) in [5.41, 5.74) is 0. The van der Waals surface area contributed by atoms with Crippen LogP contribution in [0.5, 0.6) is 0 Å². The molecule has 2 N–H and O–H groups in total. The molecule has 0 radical (unpaired) electrons. The second-order valence-corrected chi connectivity index (χ2v) is 26.1. The first-order chi connectivity index (χ1) is 41.4. The Bertz CT molecular complexity index is 1820. The molecule has 0 bridgehead atoms. The van der Waals surface area contributed by atoms with Gasteiger partial charge in [0.15, 0.2) is 0 Å². The molecule has 0 spiro atoms. The summed E-state index contributed by atoms with van der Waals surface area (Å²) in [7, 11) is 1.48. The average Bonchev–Trinajstić information content (AvgIpc) is 3.53. The molecule has 9 nitrogen and oxygen atoms in total. The number of phosphoric ester groups is 1. The lowest BCUT2D eigenvalue weighted by Gasteiger charge is -2.27. The lowest BCUT2D eigenvalue weighted by Crippen LogP contribution is -2.47. The van der Waals surface area contributed by atoms with E-state index in [9.17, 15) is 19.0 Å². The highest BCUT2D eigenvalue weighted by Gasteiger charge is 2.30. The molecule has 0 fully saturated rings. The minimum absolute atomic E-state index is 0.0332. The number of ether oxygens (including phenoxy) is 1. The van der Waals surface area contributed by atoms with Crippen LogP contribution in [-0.2, 0) is 27.9 Å². The predicted octanol–water partition coefficient (Wildman–Crippen LogP) is 22.5. The Hall–Kier alpha value is -3.33. The second-order valence-electron chi connectivity index (χ2n) is 24.7. The third-order valence-corrected chi connectivity index (χ3v) is 16.2. The molecule has 0 aliphatic rings. The quantitative estimate of drug-likeness (QED) is 0.0205. The van der Waals surface area contributed by atoms with Gasteiger partial charge in [0.2, 0.25) is 5.91 Å². The van der Waals surface area contributed by atoms with Crippen molar-refractivity contribution in [3.8, 4) is 0 Å². The fourth-order valence-electron chi connectivity index (χ4n) is 9.80. The highest BCUT2D eigenvalue weighted by Crippen LogP contribution is 2.43. The molecule has 0 aliphatic carbocycles. The highest BCUT2D eigenvalue weighted by molar-refractivity contribution is 7.47. The zero-order chi connectivity index (χ0) is 62.1. The van der Waals surface area contributed by atoms with Crippen molar-refractivity contribution in [1.82, 2.24) is 5.32 Å². The van der Waals surface area contributed by atoms with Crippen molar-refractivity contribution in [2.45, 2.75) is 315 Å². The topological polar surface area (TPSA) is 111 Å². The molecule has 3 atom stereocenters. The van der Waals surface area contributed by atoms with Crippen LogP contribution >= 0.6 is 7.82 Å². The van der Waals surface area contributed by atoms with Crippen LogP contribution in [0.2, 0.25) is 0 Å². The van der Waals surface area contributed by atoms with Gasteiger partial charge in [-0.3, -0.25) is 18.6 Å². The van der Waals surface area contributed by atoms with Gasteiger partial charge < -0.3 is 19.4 Å². The Kier molecular flexibility index (Phi) is 61.2. The summed E-state index contributed by atoms with van der Waals surface area (Å²) in [4.78, 5) is 37.9. The first-order valence-corrected chi connectivity index (χ1v) is 36.7. The van der Waals surface area contributed by atoms with E-state index >= 15 is 0 Å². The van der Waals surface area contributed by atoms with Crippen LogP contribution in [0, 0.1) is 0 Å². The Labute approximate surface area is 525 Å². The van der Waals surface area contributed by atoms with Crippen molar-refractivity contribution in [3.63, 3.8) is 0 Å². The van der Waals surface area contributed by atoms with Crippen LogP contribution in [0.25, 0.3) is 0 Å². The zero-order valence-electron chi connectivity index (χ0n) is 56.1. The van der Waals surface area contributed by atoms with Gasteiger partial charge in [0.25, 0.3) is 0 Å². The molecule has 490 valence electrons. The molecule has 0 aromatic rings. The first-order valence-electron chi connectivity index (χ1n) is 35.2. The molecular formula is C75H134N2O7P+. The van der Waals surface area contributed by atoms with Crippen LogP contribution in [0.3, 0.4) is 0 Å². The van der Waals surface area contributed by atoms with Gasteiger partial charge in [0.05, 0.1) is 33.8 Å². The number of rotatable bonds is 63. The number of unbranched alkanes of at least 4 members (excludes halogenated alkanes) is 31. The summed E-state index contributed by atoms with van der Waals surface area (Å²) >= 11 is 0. The number of likely N-dealkylation sites (N-methyl/N-ethyl adjacent to an activating group) is 1. The smallest absolute Gasteiger partial charge is 0.456 e. The van der Waals surface area contributed by atoms with Gasteiger partial charge in [-0.25, -0.2) is 4.57 Å². The van der Waals surface area contributed by atoms with E-state index in [1.165, 1.54) is 154 Å². The van der Waals surface area contributed by atoms with E-state index in [1.807, 2.05) is 33.3 Å². The van der Waals surface area contributed by atoms with E-state index < -0.39 is 20.0 Å². The maximum atomic E-state index is 13.6. The lowest BCUT2D eigenvalue weighted by atomic mass is 10.0. The maximum absolute atomic E-state index is 13.6. The van der Waals surface area contributed by atoms with Gasteiger partial charge in [-0.05, 0) is 115 Å². The van der Waals surface area contributed by atoms with Crippen LogP contribution < -0.4 is 5.32 Å². The first kappa shape index (κ1) is 81.7. The summed E-state index contributed by atoms with van der Waals surface area (Å²) in [6, 6.07) is -0.862. The van der Waals surface area contributed by atoms with Gasteiger partial charge in [0, 0.05) is 12.8 Å². The standard InChI is InChI=1S/C75H133N2O7P/c1-7-10-13-16-19-22-25-28-30-32-34-35-36-37-38-39-40-41-43-44-46-49-52-55-58-61-64-67-74(78)76-72(71-83-85(80,81)82-70-69-77(4,5)6)73(66-63-60-57-54-51-48-27-24-21-18-15-12-9-3)84-75(79)68-65-62-59-56-53-50-47-45-42-33-31-29-26-23-20-17-14-11-8-2/h10,13,19-20,22-23,28-31,34-35,37-38,40-41,63,66,72-73H,7-9,11-12,14-18,21,24-27,32-33,36,39,42-62,64-65,67-71H2,1-6H3,(H-,76,78,80,81)/p+1/b13-10-,22-19-,23-20-,30-28-,31-29-,35-34-,38-37-,41-40-,66-63-. The molecule has 0 aromatic heterocycles. The minimum Gasteiger partial charge on any atom is -0.456 e. The number of amides is 1. The molecule has 0 aromatic carbocycles. The molecule has 0 aliphatic heterocycles. The third-order valence-electron chi connectivity index (χ3n) is 15.2. The van der Waals surface area contributed by atoms with Gasteiger partial charge in [-0.2, -0.15) is 0 Å². The summed E-state index contributed by atoms with van der Waals surface area (Å²) in [6.45, 7) is 6.88. The van der Waals surface area contributed by atoms with Gasteiger partial charge >= 0.3 is 13.8 Å². The number of allylic oxidation sites excluding steroid dienone is 17. The number of phosphoric acid groups is 1.